The van der Waals surface area contributed by atoms with E-state index in [9.17, 15) is 9.59 Å². The third-order valence-electron chi connectivity index (χ3n) is 3.44. The zero-order valence-electron chi connectivity index (χ0n) is 11.7. The highest BCUT2D eigenvalue weighted by atomic mass is 32.1. The van der Waals surface area contributed by atoms with Gasteiger partial charge in [-0.1, -0.05) is 6.07 Å². The third kappa shape index (κ3) is 2.80. The van der Waals surface area contributed by atoms with Crippen molar-refractivity contribution in [2.75, 3.05) is 11.4 Å². The van der Waals surface area contributed by atoms with Crippen LogP contribution in [0, 0.1) is 0 Å². The molecule has 0 N–H and O–H groups in total. The molecule has 1 aliphatic rings. The van der Waals surface area contributed by atoms with Crippen molar-refractivity contribution in [3.8, 4) is 0 Å². The fraction of sp³-hybridized carbons (Fsp3) is 0.267. The minimum absolute atomic E-state index is 0.112. The van der Waals surface area contributed by atoms with Crippen molar-refractivity contribution in [2.45, 2.75) is 12.8 Å². The van der Waals surface area contributed by atoms with Crippen LogP contribution in [0.25, 0.3) is 0 Å². The maximum Gasteiger partial charge on any atom is 0.279 e. The summed E-state index contributed by atoms with van der Waals surface area (Å²) in [5.74, 6) is -0.178. The van der Waals surface area contributed by atoms with Gasteiger partial charge in [0.15, 0.2) is 4.80 Å². The quantitative estimate of drug-likeness (QED) is 0.851. The van der Waals surface area contributed by atoms with Crippen LogP contribution in [-0.4, -0.2) is 22.9 Å². The number of nitrogens with zero attached hydrogens (tertiary/aromatic N) is 3. The zero-order chi connectivity index (χ0) is 14.8. The van der Waals surface area contributed by atoms with Crippen molar-refractivity contribution >= 4 is 28.8 Å². The number of rotatable bonds is 2. The first-order valence-electron chi connectivity index (χ1n) is 6.75. The van der Waals surface area contributed by atoms with E-state index in [2.05, 4.69) is 4.99 Å². The number of amides is 2. The lowest BCUT2D eigenvalue weighted by atomic mass is 10.2. The van der Waals surface area contributed by atoms with E-state index in [4.69, 9.17) is 0 Å². The Balaban J connectivity index is 1.91. The van der Waals surface area contributed by atoms with Gasteiger partial charge in [-0.25, -0.2) is 0 Å². The molecule has 0 unspecified atom stereocenters. The molecule has 1 aromatic carbocycles. The molecule has 2 aromatic rings. The number of aryl methyl sites for hydroxylation is 1. The molecule has 0 bridgehead atoms. The van der Waals surface area contributed by atoms with Crippen molar-refractivity contribution < 1.29 is 9.59 Å². The molecule has 21 heavy (non-hydrogen) atoms. The molecule has 3 rings (SSSR count). The van der Waals surface area contributed by atoms with Gasteiger partial charge >= 0.3 is 0 Å². The largest absolute Gasteiger partial charge is 0.327 e. The number of carbonyl (C=O) groups excluding carboxylic acids is 2. The van der Waals surface area contributed by atoms with Crippen LogP contribution in [0.2, 0.25) is 0 Å². The first-order chi connectivity index (χ1) is 10.1. The lowest BCUT2D eigenvalue weighted by Crippen LogP contribution is -2.23. The molecule has 1 saturated heterocycles. The van der Waals surface area contributed by atoms with Crippen LogP contribution in [0.3, 0.4) is 0 Å². The summed E-state index contributed by atoms with van der Waals surface area (Å²) in [6, 6.07) is 7.11. The molecule has 1 fully saturated rings. The van der Waals surface area contributed by atoms with Gasteiger partial charge in [-0.3, -0.25) is 9.59 Å². The van der Waals surface area contributed by atoms with Crippen LogP contribution in [-0.2, 0) is 11.8 Å². The van der Waals surface area contributed by atoms with E-state index in [-0.39, 0.29) is 11.8 Å². The number of hydrogen-bond donors (Lipinski definition) is 0. The standard InChI is InChI=1S/C15H15N3O2S/c1-17-8-9-21-15(17)16-14(20)11-4-2-5-12(10-11)18-7-3-6-13(18)19/h2,4-5,8-10H,3,6-7H2,1H3. The van der Waals surface area contributed by atoms with Gasteiger partial charge in [0.05, 0.1) is 0 Å². The maximum atomic E-state index is 12.2. The topological polar surface area (TPSA) is 54.7 Å². The Labute approximate surface area is 126 Å². The summed E-state index contributed by atoms with van der Waals surface area (Å²) in [4.78, 5) is 30.5. The normalized spacial score (nSPS) is 15.8. The van der Waals surface area contributed by atoms with E-state index in [0.717, 1.165) is 12.1 Å². The number of anilines is 1. The summed E-state index contributed by atoms with van der Waals surface area (Å²) in [7, 11) is 1.85. The average Bonchev–Trinajstić information content (AvgIpc) is 3.08. The smallest absolute Gasteiger partial charge is 0.279 e. The summed E-state index contributed by atoms with van der Waals surface area (Å²) in [5, 5.41) is 1.88. The minimum Gasteiger partial charge on any atom is -0.327 e. The van der Waals surface area contributed by atoms with Crippen LogP contribution < -0.4 is 9.70 Å². The van der Waals surface area contributed by atoms with E-state index >= 15 is 0 Å². The molecule has 1 aromatic heterocycles. The Hall–Kier alpha value is -2.21. The SMILES string of the molecule is Cn1ccsc1=NC(=O)c1cccc(N2CCCC2=O)c1. The van der Waals surface area contributed by atoms with Gasteiger partial charge in [-0.15, -0.1) is 11.3 Å². The molecule has 0 aliphatic carbocycles. The summed E-state index contributed by atoms with van der Waals surface area (Å²) in [6.45, 7) is 0.716. The Morgan fingerprint density at radius 2 is 2.24 bits per heavy atom. The second-order valence-corrected chi connectivity index (χ2v) is 5.79. The fourth-order valence-electron chi connectivity index (χ4n) is 2.31. The summed E-state index contributed by atoms with van der Waals surface area (Å²) < 4.78 is 1.80. The minimum atomic E-state index is -0.290. The molecule has 2 amide bonds. The van der Waals surface area contributed by atoms with E-state index in [1.807, 2.05) is 24.7 Å². The van der Waals surface area contributed by atoms with E-state index in [1.165, 1.54) is 11.3 Å². The van der Waals surface area contributed by atoms with E-state index in [0.29, 0.717) is 23.3 Å². The molecule has 1 aliphatic heterocycles. The van der Waals surface area contributed by atoms with Gasteiger partial charge in [0.2, 0.25) is 5.91 Å². The molecular weight excluding hydrogens is 286 g/mol. The Morgan fingerprint density at radius 1 is 1.38 bits per heavy atom. The second-order valence-electron chi connectivity index (χ2n) is 4.91. The highest BCUT2D eigenvalue weighted by molar-refractivity contribution is 7.07. The van der Waals surface area contributed by atoms with Crippen LogP contribution >= 0.6 is 11.3 Å². The number of carbonyl (C=O) groups is 2. The van der Waals surface area contributed by atoms with Crippen LogP contribution in [0.1, 0.15) is 23.2 Å². The summed E-state index contributed by atoms with van der Waals surface area (Å²) in [6.07, 6.45) is 3.30. The second kappa shape index (κ2) is 5.65. The van der Waals surface area contributed by atoms with Crippen molar-refractivity contribution in [1.82, 2.24) is 4.57 Å². The van der Waals surface area contributed by atoms with Crippen molar-refractivity contribution in [3.63, 3.8) is 0 Å². The molecule has 6 heteroatoms. The zero-order valence-corrected chi connectivity index (χ0v) is 12.5. The summed E-state index contributed by atoms with van der Waals surface area (Å²) >= 11 is 1.41. The maximum absolute atomic E-state index is 12.2. The van der Waals surface area contributed by atoms with Crippen LogP contribution in [0.5, 0.6) is 0 Å². The van der Waals surface area contributed by atoms with Gasteiger partial charge in [0.1, 0.15) is 0 Å². The highest BCUT2D eigenvalue weighted by Gasteiger charge is 2.22. The average molecular weight is 301 g/mol. The third-order valence-corrected chi connectivity index (χ3v) is 4.28. The van der Waals surface area contributed by atoms with E-state index in [1.54, 1.807) is 27.7 Å². The molecule has 5 nitrogen and oxygen atoms in total. The van der Waals surface area contributed by atoms with Gasteiger partial charge in [0.25, 0.3) is 5.91 Å². The van der Waals surface area contributed by atoms with E-state index < -0.39 is 0 Å². The molecule has 0 atom stereocenters. The monoisotopic (exact) mass is 301 g/mol. The van der Waals surface area contributed by atoms with Crippen molar-refractivity contribution in [2.24, 2.45) is 12.0 Å². The Bertz CT molecular complexity index is 760. The predicted octanol–water partition coefficient (Wildman–Crippen LogP) is 1.95. The number of benzene rings is 1. The van der Waals surface area contributed by atoms with Gasteiger partial charge in [0, 0.05) is 42.8 Å². The lowest BCUT2D eigenvalue weighted by Gasteiger charge is -2.15. The van der Waals surface area contributed by atoms with Crippen LogP contribution in [0.15, 0.2) is 40.8 Å². The van der Waals surface area contributed by atoms with Crippen LogP contribution in [0.4, 0.5) is 5.69 Å². The fourth-order valence-corrected chi connectivity index (χ4v) is 3.04. The molecule has 0 spiro atoms. The lowest BCUT2D eigenvalue weighted by molar-refractivity contribution is -0.117. The van der Waals surface area contributed by atoms with Gasteiger partial charge in [-0.2, -0.15) is 4.99 Å². The highest BCUT2D eigenvalue weighted by Crippen LogP contribution is 2.22. The van der Waals surface area contributed by atoms with Gasteiger partial charge in [-0.05, 0) is 24.6 Å². The molecule has 0 saturated carbocycles. The van der Waals surface area contributed by atoms with Gasteiger partial charge < -0.3 is 9.47 Å². The number of hydrogen-bond acceptors (Lipinski definition) is 3. The number of aromatic nitrogens is 1. The van der Waals surface area contributed by atoms with Crippen molar-refractivity contribution in [3.05, 3.63) is 46.2 Å². The molecule has 2 heterocycles. The summed E-state index contributed by atoms with van der Waals surface area (Å²) in [5.41, 5.74) is 1.27. The molecule has 108 valence electrons. The molecule has 0 radical (unpaired) electrons. The molecular formula is C15H15N3O2S. The Morgan fingerprint density at radius 3 is 2.90 bits per heavy atom. The van der Waals surface area contributed by atoms with Crippen molar-refractivity contribution in [1.29, 1.82) is 0 Å². The first-order valence-corrected chi connectivity index (χ1v) is 7.63. The predicted molar refractivity (Wildman–Crippen MR) is 81.2 cm³/mol. The Kier molecular flexibility index (Phi) is 3.70. The number of thiazole rings is 1. The first kappa shape index (κ1) is 13.8.